The molecule has 0 aliphatic carbocycles. The highest BCUT2D eigenvalue weighted by atomic mass is 32.1. The molecule has 0 spiro atoms. The van der Waals surface area contributed by atoms with Crippen LogP contribution in [-0.2, 0) is 24.3 Å². The third-order valence-electron chi connectivity index (χ3n) is 5.55. The van der Waals surface area contributed by atoms with Crippen LogP contribution in [0.1, 0.15) is 28.5 Å². The van der Waals surface area contributed by atoms with Crippen LogP contribution >= 0.6 is 11.3 Å². The Morgan fingerprint density at radius 3 is 2.26 bits per heavy atom. The molecule has 31 heavy (non-hydrogen) atoms. The van der Waals surface area contributed by atoms with E-state index in [1.54, 1.807) is 18.4 Å². The van der Waals surface area contributed by atoms with Crippen LogP contribution in [0.3, 0.4) is 0 Å². The van der Waals surface area contributed by atoms with E-state index < -0.39 is 0 Å². The van der Waals surface area contributed by atoms with Gasteiger partial charge in [-0.25, -0.2) is 0 Å². The van der Waals surface area contributed by atoms with Crippen LogP contribution in [0.5, 0.6) is 5.75 Å². The van der Waals surface area contributed by atoms with E-state index in [1.807, 2.05) is 24.1 Å². The number of methoxy groups -OCH3 is 1. The van der Waals surface area contributed by atoms with Crippen LogP contribution in [0.2, 0.25) is 0 Å². The molecule has 2 aromatic carbocycles. The van der Waals surface area contributed by atoms with Gasteiger partial charge in [0.2, 0.25) is 5.91 Å². The zero-order valence-corrected chi connectivity index (χ0v) is 19.7. The number of hydrogen-bond acceptors (Lipinski definition) is 4. The topological polar surface area (TPSA) is 32.8 Å². The first-order valence-electron chi connectivity index (χ1n) is 10.6. The molecular formula is C26H32N2O2S. The third kappa shape index (κ3) is 6.94. The Balaban J connectivity index is 1.69. The maximum Gasteiger partial charge on any atom is 0.236 e. The number of carbonyl (C=O) groups excluding carboxylic acids is 1. The summed E-state index contributed by atoms with van der Waals surface area (Å²) in [6.45, 7) is 6.01. The van der Waals surface area contributed by atoms with E-state index in [0.717, 1.165) is 24.3 Å². The minimum absolute atomic E-state index is 0.132. The van der Waals surface area contributed by atoms with E-state index in [9.17, 15) is 4.79 Å². The number of amides is 1. The van der Waals surface area contributed by atoms with E-state index in [-0.39, 0.29) is 11.9 Å². The molecule has 1 atom stereocenters. The van der Waals surface area contributed by atoms with Crippen molar-refractivity contribution < 1.29 is 9.53 Å². The van der Waals surface area contributed by atoms with Crippen molar-refractivity contribution >= 4 is 17.2 Å². The minimum atomic E-state index is 0.132. The van der Waals surface area contributed by atoms with E-state index in [2.05, 4.69) is 72.7 Å². The lowest BCUT2D eigenvalue weighted by molar-refractivity contribution is -0.132. The Hall–Kier alpha value is -2.63. The van der Waals surface area contributed by atoms with Crippen molar-refractivity contribution in [3.8, 4) is 5.75 Å². The van der Waals surface area contributed by atoms with Crippen LogP contribution in [-0.4, -0.2) is 42.5 Å². The zero-order chi connectivity index (χ0) is 22.2. The second kappa shape index (κ2) is 11.1. The fourth-order valence-electron chi connectivity index (χ4n) is 3.53. The fraction of sp³-hybridized carbons (Fsp3) is 0.346. The van der Waals surface area contributed by atoms with Gasteiger partial charge in [0.1, 0.15) is 5.75 Å². The standard InChI is InChI=1S/C26H32N2O2S/c1-20-7-9-22(10-8-20)17-27(3)26(29)19-28(21(2)16-25-6-5-15-31-25)18-23-11-13-24(30-4)14-12-23/h5-15,21H,16-19H2,1-4H3. The first-order chi connectivity index (χ1) is 14.9. The summed E-state index contributed by atoms with van der Waals surface area (Å²) in [7, 11) is 3.56. The van der Waals surface area contributed by atoms with Crippen molar-refractivity contribution in [2.75, 3.05) is 20.7 Å². The molecule has 3 aromatic rings. The predicted octanol–water partition coefficient (Wildman–Crippen LogP) is 5.16. The van der Waals surface area contributed by atoms with Gasteiger partial charge in [0.25, 0.3) is 0 Å². The zero-order valence-electron chi connectivity index (χ0n) is 18.9. The Bertz CT molecular complexity index is 937. The van der Waals surface area contributed by atoms with E-state index in [0.29, 0.717) is 13.1 Å². The predicted molar refractivity (Wildman–Crippen MR) is 129 cm³/mol. The number of rotatable bonds is 10. The quantitative estimate of drug-likeness (QED) is 0.440. The number of carbonyl (C=O) groups is 1. The lowest BCUT2D eigenvalue weighted by Gasteiger charge is -2.30. The lowest BCUT2D eigenvalue weighted by atomic mass is 10.1. The maximum atomic E-state index is 13.1. The van der Waals surface area contributed by atoms with Crippen molar-refractivity contribution in [2.24, 2.45) is 0 Å². The number of thiophene rings is 1. The van der Waals surface area contributed by atoms with Gasteiger partial charge in [-0.15, -0.1) is 11.3 Å². The van der Waals surface area contributed by atoms with Crippen molar-refractivity contribution in [2.45, 2.75) is 39.4 Å². The van der Waals surface area contributed by atoms with E-state index in [1.165, 1.54) is 16.0 Å². The van der Waals surface area contributed by atoms with Gasteiger partial charge in [-0.1, -0.05) is 48.0 Å². The largest absolute Gasteiger partial charge is 0.497 e. The third-order valence-corrected chi connectivity index (χ3v) is 6.45. The molecule has 1 unspecified atom stereocenters. The Labute approximate surface area is 190 Å². The molecule has 0 fully saturated rings. The summed E-state index contributed by atoms with van der Waals surface area (Å²) in [6.07, 6.45) is 0.933. The summed E-state index contributed by atoms with van der Waals surface area (Å²) in [5, 5.41) is 2.11. The molecule has 164 valence electrons. The molecule has 0 aliphatic heterocycles. The SMILES string of the molecule is COc1ccc(CN(CC(=O)N(C)Cc2ccc(C)cc2)C(C)Cc2cccs2)cc1. The van der Waals surface area contributed by atoms with Gasteiger partial charge in [0.15, 0.2) is 0 Å². The highest BCUT2D eigenvalue weighted by molar-refractivity contribution is 7.09. The first kappa shape index (κ1) is 23.0. The van der Waals surface area contributed by atoms with E-state index in [4.69, 9.17) is 4.74 Å². The highest BCUT2D eigenvalue weighted by Crippen LogP contribution is 2.19. The number of aryl methyl sites for hydroxylation is 1. The van der Waals surface area contributed by atoms with Crippen LogP contribution < -0.4 is 4.74 Å². The van der Waals surface area contributed by atoms with Crippen molar-refractivity contribution in [3.05, 3.63) is 87.6 Å². The number of hydrogen-bond donors (Lipinski definition) is 0. The van der Waals surface area contributed by atoms with Gasteiger partial charge >= 0.3 is 0 Å². The van der Waals surface area contributed by atoms with Gasteiger partial charge in [-0.3, -0.25) is 9.69 Å². The molecule has 1 heterocycles. The summed E-state index contributed by atoms with van der Waals surface area (Å²) >= 11 is 1.77. The molecule has 1 aromatic heterocycles. The smallest absolute Gasteiger partial charge is 0.236 e. The lowest BCUT2D eigenvalue weighted by Crippen LogP contribution is -2.42. The van der Waals surface area contributed by atoms with Crippen LogP contribution in [0, 0.1) is 6.92 Å². The average molecular weight is 437 g/mol. The van der Waals surface area contributed by atoms with Crippen LogP contribution in [0.15, 0.2) is 66.0 Å². The fourth-order valence-corrected chi connectivity index (χ4v) is 4.36. The van der Waals surface area contributed by atoms with Gasteiger partial charge in [0.05, 0.1) is 13.7 Å². The molecule has 1 amide bonds. The van der Waals surface area contributed by atoms with Crippen LogP contribution in [0.25, 0.3) is 0 Å². The summed E-state index contributed by atoms with van der Waals surface area (Å²) in [6, 6.07) is 21.0. The molecule has 0 saturated carbocycles. The number of nitrogens with zero attached hydrogens (tertiary/aromatic N) is 2. The van der Waals surface area contributed by atoms with Gasteiger partial charge < -0.3 is 9.64 Å². The first-order valence-corrected chi connectivity index (χ1v) is 11.5. The number of ether oxygens (including phenoxy) is 1. The molecule has 3 rings (SSSR count). The molecule has 4 nitrogen and oxygen atoms in total. The van der Waals surface area contributed by atoms with E-state index >= 15 is 0 Å². The normalized spacial score (nSPS) is 12.0. The second-order valence-corrected chi connectivity index (χ2v) is 9.15. The second-order valence-electron chi connectivity index (χ2n) is 8.12. The monoisotopic (exact) mass is 436 g/mol. The minimum Gasteiger partial charge on any atom is -0.497 e. The number of likely N-dealkylation sites (N-methyl/N-ethyl adjacent to an activating group) is 1. The summed E-state index contributed by atoms with van der Waals surface area (Å²) in [5.41, 5.74) is 3.55. The van der Waals surface area contributed by atoms with Crippen molar-refractivity contribution in [1.82, 2.24) is 9.80 Å². The Morgan fingerprint density at radius 1 is 1.00 bits per heavy atom. The molecule has 0 N–H and O–H groups in total. The summed E-state index contributed by atoms with van der Waals surface area (Å²) in [4.78, 5) is 18.5. The molecule has 0 radical (unpaired) electrons. The number of benzene rings is 2. The van der Waals surface area contributed by atoms with Gasteiger partial charge in [-0.05, 0) is 55.0 Å². The molecule has 5 heteroatoms. The molecular weight excluding hydrogens is 404 g/mol. The van der Waals surface area contributed by atoms with Crippen LogP contribution in [0.4, 0.5) is 0 Å². The van der Waals surface area contributed by atoms with Gasteiger partial charge in [-0.2, -0.15) is 0 Å². The van der Waals surface area contributed by atoms with Crippen molar-refractivity contribution in [3.63, 3.8) is 0 Å². The molecule has 0 aliphatic rings. The molecule has 0 saturated heterocycles. The Morgan fingerprint density at radius 2 is 1.65 bits per heavy atom. The Kier molecular flexibility index (Phi) is 8.27. The molecule has 0 bridgehead atoms. The average Bonchev–Trinajstić information content (AvgIpc) is 3.28. The summed E-state index contributed by atoms with van der Waals surface area (Å²) in [5.74, 6) is 0.975. The highest BCUT2D eigenvalue weighted by Gasteiger charge is 2.21. The van der Waals surface area contributed by atoms with Crippen molar-refractivity contribution in [1.29, 1.82) is 0 Å². The van der Waals surface area contributed by atoms with Gasteiger partial charge in [0, 0.05) is 31.1 Å². The summed E-state index contributed by atoms with van der Waals surface area (Å²) < 4.78 is 5.28. The maximum absolute atomic E-state index is 13.1.